The first kappa shape index (κ1) is 23.7. The molecule has 0 saturated heterocycles. The average Bonchev–Trinajstić information content (AvgIpc) is 2.85. The first-order valence-electron chi connectivity index (χ1n) is 12.9. The monoisotopic (exact) mass is 500 g/mol. The maximum atomic E-state index is 13.4. The molecule has 2 N–H and O–H groups in total. The van der Waals surface area contributed by atoms with E-state index in [1.807, 2.05) is 0 Å². The number of aliphatic hydroxyl groups excluding tert-OH is 1. The van der Waals surface area contributed by atoms with Crippen LogP contribution in [-0.2, 0) is 19.1 Å². The van der Waals surface area contributed by atoms with Gasteiger partial charge in [0.25, 0.3) is 5.91 Å². The van der Waals surface area contributed by atoms with Gasteiger partial charge in [-0.25, -0.2) is 9.97 Å². The predicted molar refractivity (Wildman–Crippen MR) is 127 cm³/mol. The van der Waals surface area contributed by atoms with Crippen molar-refractivity contribution in [3.63, 3.8) is 0 Å². The maximum absolute atomic E-state index is 13.4. The van der Waals surface area contributed by atoms with Crippen molar-refractivity contribution in [2.45, 2.75) is 63.8 Å². The highest BCUT2D eigenvalue weighted by molar-refractivity contribution is 5.96. The molecule has 1 atom stereocenters. The summed E-state index contributed by atoms with van der Waals surface area (Å²) >= 11 is 0. The van der Waals surface area contributed by atoms with E-state index in [-0.39, 0.29) is 24.1 Å². The van der Waals surface area contributed by atoms with E-state index >= 15 is 0 Å². The van der Waals surface area contributed by atoms with Gasteiger partial charge in [0.1, 0.15) is 12.1 Å². The highest BCUT2D eigenvalue weighted by Gasteiger charge is 2.53. The zero-order chi connectivity index (χ0) is 25.1. The summed E-state index contributed by atoms with van der Waals surface area (Å²) in [6, 6.07) is 4.89. The molecule has 4 aliphatic carbocycles. The number of fused-ring (bicyclic) bond motifs is 1. The molecule has 192 valence electrons. The lowest BCUT2D eigenvalue weighted by atomic mass is 9.48. The molecule has 0 spiro atoms. The van der Waals surface area contributed by atoms with Crippen molar-refractivity contribution in [2.75, 3.05) is 18.4 Å². The number of aromatic nitrogens is 2. The molecular formula is C27H31F3N4O2. The van der Waals surface area contributed by atoms with E-state index in [9.17, 15) is 23.1 Å². The minimum absolute atomic E-state index is 0.00390. The molecule has 2 heterocycles. The number of hydrogen-bond donors (Lipinski definition) is 2. The molecule has 1 amide bonds. The van der Waals surface area contributed by atoms with Crippen molar-refractivity contribution >= 4 is 11.7 Å². The number of aliphatic hydroxyl groups is 1. The fourth-order valence-electron chi connectivity index (χ4n) is 7.76. The van der Waals surface area contributed by atoms with Crippen LogP contribution in [0.2, 0.25) is 0 Å². The quantitative estimate of drug-likeness (QED) is 0.623. The lowest BCUT2D eigenvalue weighted by molar-refractivity contribution is -0.138. The third-order valence-corrected chi connectivity index (χ3v) is 9.01. The first-order valence-corrected chi connectivity index (χ1v) is 12.9. The van der Waals surface area contributed by atoms with E-state index < -0.39 is 23.8 Å². The van der Waals surface area contributed by atoms with Crippen LogP contribution in [0.1, 0.15) is 65.7 Å². The van der Waals surface area contributed by atoms with E-state index in [4.69, 9.17) is 0 Å². The SMILES string of the molecule is O=C(c1ccccc1C(F)(F)F)N1CCc2c(ncnc2NCC(O)C23CC4CC(CC(C4)C2)C3)C1. The van der Waals surface area contributed by atoms with Gasteiger partial charge in [0.15, 0.2) is 0 Å². The lowest BCUT2D eigenvalue weighted by Gasteiger charge is -2.58. The number of anilines is 1. The van der Waals surface area contributed by atoms with Crippen LogP contribution in [0, 0.1) is 23.2 Å². The van der Waals surface area contributed by atoms with E-state index in [0.29, 0.717) is 24.5 Å². The molecule has 4 saturated carbocycles. The number of amides is 1. The van der Waals surface area contributed by atoms with Gasteiger partial charge >= 0.3 is 6.18 Å². The van der Waals surface area contributed by atoms with E-state index in [2.05, 4.69) is 15.3 Å². The molecule has 1 aromatic heterocycles. The fourth-order valence-corrected chi connectivity index (χ4v) is 7.76. The molecule has 9 heteroatoms. The largest absolute Gasteiger partial charge is 0.417 e. The molecule has 1 aliphatic heterocycles. The number of halogens is 3. The Labute approximate surface area is 208 Å². The molecule has 2 aromatic rings. The number of benzene rings is 1. The highest BCUT2D eigenvalue weighted by atomic mass is 19.4. The second-order valence-electron chi connectivity index (χ2n) is 11.3. The minimum Gasteiger partial charge on any atom is -0.391 e. The van der Waals surface area contributed by atoms with Crippen LogP contribution in [0.25, 0.3) is 0 Å². The van der Waals surface area contributed by atoms with Gasteiger partial charge in [-0.15, -0.1) is 0 Å². The Kier molecular flexibility index (Phi) is 5.74. The van der Waals surface area contributed by atoms with Gasteiger partial charge in [-0.05, 0) is 80.2 Å². The Bertz CT molecular complexity index is 1130. The van der Waals surface area contributed by atoms with Gasteiger partial charge in [-0.2, -0.15) is 13.2 Å². The van der Waals surface area contributed by atoms with Gasteiger partial charge in [-0.1, -0.05) is 12.1 Å². The third-order valence-electron chi connectivity index (χ3n) is 9.01. The van der Waals surface area contributed by atoms with E-state index in [1.54, 1.807) is 0 Å². The Morgan fingerprint density at radius 1 is 1.11 bits per heavy atom. The van der Waals surface area contributed by atoms with Crippen molar-refractivity contribution in [1.29, 1.82) is 0 Å². The summed E-state index contributed by atoms with van der Waals surface area (Å²) in [5, 5.41) is 14.6. The third kappa shape index (κ3) is 4.15. The van der Waals surface area contributed by atoms with Gasteiger partial charge in [0.05, 0.1) is 29.5 Å². The summed E-state index contributed by atoms with van der Waals surface area (Å²) in [6.45, 7) is 0.809. The number of carbonyl (C=O) groups is 1. The maximum Gasteiger partial charge on any atom is 0.417 e. The molecule has 7 rings (SSSR count). The molecule has 6 nitrogen and oxygen atoms in total. The van der Waals surface area contributed by atoms with Crippen LogP contribution >= 0.6 is 0 Å². The summed E-state index contributed by atoms with van der Waals surface area (Å²) in [5.74, 6) is 2.25. The molecule has 36 heavy (non-hydrogen) atoms. The molecule has 1 aromatic carbocycles. The molecule has 0 radical (unpaired) electrons. The van der Waals surface area contributed by atoms with Gasteiger partial charge in [0, 0.05) is 18.7 Å². The number of nitrogens with zero attached hydrogens (tertiary/aromatic N) is 3. The molecule has 1 unspecified atom stereocenters. The van der Waals surface area contributed by atoms with Crippen LogP contribution < -0.4 is 5.32 Å². The zero-order valence-corrected chi connectivity index (χ0v) is 20.1. The number of alkyl halides is 3. The van der Waals surface area contributed by atoms with Crippen LogP contribution in [0.3, 0.4) is 0 Å². The topological polar surface area (TPSA) is 78.4 Å². The minimum atomic E-state index is -4.60. The Hall–Kier alpha value is -2.68. The number of carbonyl (C=O) groups excluding carboxylic acids is 1. The Morgan fingerprint density at radius 2 is 1.78 bits per heavy atom. The van der Waals surface area contributed by atoms with Gasteiger partial charge < -0.3 is 15.3 Å². The molecule has 5 aliphatic rings. The second kappa shape index (κ2) is 8.71. The van der Waals surface area contributed by atoms with Gasteiger partial charge in [-0.3, -0.25) is 4.79 Å². The van der Waals surface area contributed by atoms with Crippen molar-refractivity contribution < 1.29 is 23.1 Å². The standard InChI is InChI=1S/C27H31F3N4O2/c28-27(29,30)21-4-2-1-3-19(21)25(36)34-6-5-20-22(14-34)32-15-33-24(20)31-13-23(35)26-10-16-7-17(11-26)9-18(8-16)12-26/h1-4,15-18,23,35H,5-14H2,(H,31,32,33). The zero-order valence-electron chi connectivity index (χ0n) is 20.1. The normalized spacial score (nSPS) is 29.7. The lowest BCUT2D eigenvalue weighted by Crippen LogP contribution is -2.53. The second-order valence-corrected chi connectivity index (χ2v) is 11.3. The summed E-state index contributed by atoms with van der Waals surface area (Å²) in [5.41, 5.74) is 0.220. The fraction of sp³-hybridized carbons (Fsp3) is 0.593. The summed E-state index contributed by atoms with van der Waals surface area (Å²) in [7, 11) is 0. The van der Waals surface area contributed by atoms with Crippen LogP contribution in [0.15, 0.2) is 30.6 Å². The van der Waals surface area contributed by atoms with Crippen molar-refractivity contribution in [3.8, 4) is 0 Å². The number of rotatable bonds is 5. The van der Waals surface area contributed by atoms with Crippen LogP contribution in [0.4, 0.5) is 19.0 Å². The number of hydrogen-bond acceptors (Lipinski definition) is 5. The predicted octanol–water partition coefficient (Wildman–Crippen LogP) is 4.68. The molecular weight excluding hydrogens is 469 g/mol. The molecule has 4 fully saturated rings. The Balaban J connectivity index is 1.15. The summed E-state index contributed by atoms with van der Waals surface area (Å²) in [6.07, 6.45) is 4.10. The van der Waals surface area contributed by atoms with Crippen LogP contribution in [-0.4, -0.2) is 45.1 Å². The summed E-state index contributed by atoms with van der Waals surface area (Å²) in [4.78, 5) is 23.2. The van der Waals surface area contributed by atoms with Crippen LogP contribution in [0.5, 0.6) is 0 Å². The van der Waals surface area contributed by atoms with Gasteiger partial charge in [0.2, 0.25) is 0 Å². The molecule has 4 bridgehead atoms. The average molecular weight is 501 g/mol. The summed E-state index contributed by atoms with van der Waals surface area (Å²) < 4.78 is 40.3. The van der Waals surface area contributed by atoms with Crippen molar-refractivity contribution in [2.24, 2.45) is 23.2 Å². The van der Waals surface area contributed by atoms with E-state index in [1.165, 1.54) is 48.7 Å². The number of nitrogens with one attached hydrogen (secondary N) is 1. The van der Waals surface area contributed by atoms with Crippen molar-refractivity contribution in [1.82, 2.24) is 14.9 Å². The smallest absolute Gasteiger partial charge is 0.391 e. The highest BCUT2D eigenvalue weighted by Crippen LogP contribution is 2.61. The first-order chi connectivity index (χ1) is 17.2. The van der Waals surface area contributed by atoms with E-state index in [0.717, 1.165) is 48.6 Å². The Morgan fingerprint density at radius 3 is 2.44 bits per heavy atom. The van der Waals surface area contributed by atoms with Crippen molar-refractivity contribution in [3.05, 3.63) is 53.0 Å².